The highest BCUT2D eigenvalue weighted by Crippen LogP contribution is 2.34. The fraction of sp³-hybridized carbons (Fsp3) is 0.0556. The van der Waals surface area contributed by atoms with Crippen LogP contribution < -0.4 is 10.6 Å². The van der Waals surface area contributed by atoms with E-state index in [4.69, 9.17) is 0 Å². The maximum absolute atomic E-state index is 13.5. The number of carbonyl (C=O) groups is 2. The molecule has 14 heteroatoms. The molecule has 32 heavy (non-hydrogen) atoms. The first-order valence-electron chi connectivity index (χ1n) is 8.66. The zero-order valence-electron chi connectivity index (χ0n) is 15.5. The maximum atomic E-state index is 13.5. The van der Waals surface area contributed by atoms with Crippen molar-refractivity contribution in [2.24, 2.45) is 0 Å². The van der Waals surface area contributed by atoms with Gasteiger partial charge in [-0.2, -0.15) is 23.4 Å². The molecule has 1 aromatic carbocycles. The van der Waals surface area contributed by atoms with E-state index >= 15 is 0 Å². The van der Waals surface area contributed by atoms with Gasteiger partial charge in [-0.05, 0) is 12.1 Å². The van der Waals surface area contributed by atoms with E-state index in [9.17, 15) is 31.5 Å². The van der Waals surface area contributed by atoms with Crippen molar-refractivity contribution >= 4 is 34.1 Å². The number of rotatable bonds is 3. The second-order valence-electron chi connectivity index (χ2n) is 6.33. The van der Waals surface area contributed by atoms with E-state index in [0.717, 1.165) is 30.7 Å². The number of halogens is 5. The fourth-order valence-corrected chi connectivity index (χ4v) is 2.81. The molecule has 0 aliphatic carbocycles. The van der Waals surface area contributed by atoms with Crippen molar-refractivity contribution in [2.45, 2.75) is 6.18 Å². The number of nitrogens with one attached hydrogen (secondary N) is 3. The van der Waals surface area contributed by atoms with Gasteiger partial charge in [-0.25, -0.2) is 13.8 Å². The number of hydrogen-bond donors (Lipinski definition) is 3. The van der Waals surface area contributed by atoms with Crippen LogP contribution in [0, 0.1) is 11.6 Å². The third-order valence-electron chi connectivity index (χ3n) is 4.22. The number of fused-ring (bicyclic) bond motifs is 1. The molecule has 164 valence electrons. The van der Waals surface area contributed by atoms with Gasteiger partial charge in [0.05, 0.1) is 35.5 Å². The summed E-state index contributed by atoms with van der Waals surface area (Å²) in [5.41, 5.74) is -1.55. The molecular formula is C18H10F5N7O2. The third kappa shape index (κ3) is 3.97. The van der Waals surface area contributed by atoms with E-state index in [0.29, 0.717) is 10.9 Å². The van der Waals surface area contributed by atoms with Gasteiger partial charge in [0, 0.05) is 17.6 Å². The number of anilines is 2. The Labute approximate surface area is 174 Å². The van der Waals surface area contributed by atoms with Crippen LogP contribution in [0.3, 0.4) is 0 Å². The molecule has 0 bridgehead atoms. The Bertz CT molecular complexity index is 1330. The van der Waals surface area contributed by atoms with Crippen molar-refractivity contribution in [3.05, 3.63) is 60.2 Å². The Kier molecular flexibility index (Phi) is 5.04. The Morgan fingerprint density at radius 1 is 0.969 bits per heavy atom. The Hall–Kier alpha value is -4.36. The largest absolute Gasteiger partial charge is 0.420 e. The molecule has 0 saturated carbocycles. The summed E-state index contributed by atoms with van der Waals surface area (Å²) in [7, 11) is 0. The summed E-state index contributed by atoms with van der Waals surface area (Å²) in [5, 5.41) is 11.4. The average Bonchev–Trinajstić information content (AvgIpc) is 3.39. The standard InChI is InChI=1S/C18H10F5N7O2/c19-11-4-9-13(5-12(11)20)24-7-14(9)29-17(32)16(31)28-8-3-10(18(21,22)23)15(25-6-8)30-26-1-2-27-30/h1-7,24H,(H,28,31)(H,29,32). The molecule has 0 radical (unpaired) electrons. The van der Waals surface area contributed by atoms with Gasteiger partial charge in [-0.15, -0.1) is 4.80 Å². The summed E-state index contributed by atoms with van der Waals surface area (Å²) in [5.74, 6) is -5.49. The predicted octanol–water partition coefficient (Wildman–Crippen LogP) is 3.02. The first-order valence-corrected chi connectivity index (χ1v) is 8.66. The smallest absolute Gasteiger partial charge is 0.359 e. The van der Waals surface area contributed by atoms with E-state index in [1.807, 2.05) is 5.32 Å². The molecule has 2 amide bonds. The zero-order chi connectivity index (χ0) is 23.0. The van der Waals surface area contributed by atoms with Gasteiger partial charge in [0.15, 0.2) is 17.5 Å². The van der Waals surface area contributed by atoms with Crippen molar-refractivity contribution < 1.29 is 31.5 Å². The number of aromatic nitrogens is 5. The molecule has 4 rings (SSSR count). The van der Waals surface area contributed by atoms with Crippen LogP contribution in [0.25, 0.3) is 16.7 Å². The predicted molar refractivity (Wildman–Crippen MR) is 99.6 cm³/mol. The molecule has 0 unspecified atom stereocenters. The van der Waals surface area contributed by atoms with Crippen molar-refractivity contribution in [2.75, 3.05) is 10.6 Å². The average molecular weight is 451 g/mol. The van der Waals surface area contributed by atoms with Crippen LogP contribution in [0.1, 0.15) is 5.56 Å². The number of amides is 2. The number of nitrogens with zero attached hydrogens (tertiary/aromatic N) is 4. The van der Waals surface area contributed by atoms with Crippen molar-refractivity contribution in [3.8, 4) is 5.82 Å². The van der Waals surface area contributed by atoms with Crippen LogP contribution in [0.2, 0.25) is 0 Å². The topological polar surface area (TPSA) is 118 Å². The first-order chi connectivity index (χ1) is 15.1. The summed E-state index contributed by atoms with van der Waals surface area (Å²) >= 11 is 0. The van der Waals surface area contributed by atoms with E-state index in [2.05, 4.69) is 25.5 Å². The first kappa shape index (κ1) is 20.9. The zero-order valence-corrected chi connectivity index (χ0v) is 15.5. The van der Waals surface area contributed by atoms with Crippen LogP contribution in [0.15, 0.2) is 43.0 Å². The molecule has 0 spiro atoms. The second-order valence-corrected chi connectivity index (χ2v) is 6.33. The lowest BCUT2D eigenvalue weighted by atomic mass is 10.2. The Morgan fingerprint density at radius 3 is 2.31 bits per heavy atom. The maximum Gasteiger partial charge on any atom is 0.420 e. The number of H-pyrrole nitrogens is 1. The third-order valence-corrected chi connectivity index (χ3v) is 4.22. The van der Waals surface area contributed by atoms with Crippen molar-refractivity contribution in [1.82, 2.24) is 25.0 Å². The molecule has 0 aliphatic heterocycles. The van der Waals surface area contributed by atoms with E-state index < -0.39 is 46.7 Å². The number of hydrogen-bond acceptors (Lipinski definition) is 5. The minimum atomic E-state index is -4.86. The van der Waals surface area contributed by atoms with Gasteiger partial charge in [-0.1, -0.05) is 0 Å². The lowest BCUT2D eigenvalue weighted by Gasteiger charge is -2.13. The number of alkyl halides is 3. The summed E-state index contributed by atoms with van der Waals surface area (Å²) in [6.07, 6.45) is -0.450. The number of carbonyl (C=O) groups excluding carboxylic acids is 2. The molecule has 4 aromatic rings. The molecule has 3 heterocycles. The molecule has 0 saturated heterocycles. The normalized spacial score (nSPS) is 11.5. The van der Waals surface area contributed by atoms with Gasteiger partial charge < -0.3 is 15.6 Å². The highest BCUT2D eigenvalue weighted by molar-refractivity contribution is 6.44. The van der Waals surface area contributed by atoms with Gasteiger partial charge >= 0.3 is 18.0 Å². The summed E-state index contributed by atoms with van der Waals surface area (Å²) in [4.78, 5) is 31.2. The number of aromatic amines is 1. The highest BCUT2D eigenvalue weighted by Gasteiger charge is 2.36. The minimum absolute atomic E-state index is 0.0340. The van der Waals surface area contributed by atoms with E-state index in [1.54, 1.807) is 0 Å². The SMILES string of the molecule is O=C(Nc1cnc(-n2nccn2)c(C(F)(F)F)c1)C(=O)Nc1c[nH]c2cc(F)c(F)cc12. The van der Waals surface area contributed by atoms with Crippen molar-refractivity contribution in [3.63, 3.8) is 0 Å². The fourth-order valence-electron chi connectivity index (χ4n) is 2.81. The van der Waals surface area contributed by atoms with Crippen LogP contribution in [0.4, 0.5) is 33.3 Å². The quantitative estimate of drug-likeness (QED) is 0.327. The molecule has 0 fully saturated rings. The molecule has 0 aliphatic rings. The van der Waals surface area contributed by atoms with Crippen LogP contribution in [0.5, 0.6) is 0 Å². The van der Waals surface area contributed by atoms with Gasteiger partial charge in [0.25, 0.3) is 0 Å². The number of pyridine rings is 1. The van der Waals surface area contributed by atoms with Gasteiger partial charge in [-0.3, -0.25) is 9.59 Å². The highest BCUT2D eigenvalue weighted by atomic mass is 19.4. The summed E-state index contributed by atoms with van der Waals surface area (Å²) in [6.45, 7) is 0. The van der Waals surface area contributed by atoms with E-state index in [-0.39, 0.29) is 16.6 Å². The summed E-state index contributed by atoms with van der Waals surface area (Å²) < 4.78 is 67.0. The van der Waals surface area contributed by atoms with Gasteiger partial charge in [0.2, 0.25) is 0 Å². The molecule has 0 atom stereocenters. The lowest BCUT2D eigenvalue weighted by Crippen LogP contribution is -2.29. The molecule has 9 nitrogen and oxygen atoms in total. The van der Waals surface area contributed by atoms with Crippen LogP contribution in [-0.2, 0) is 15.8 Å². The van der Waals surface area contributed by atoms with E-state index in [1.165, 1.54) is 6.20 Å². The van der Waals surface area contributed by atoms with Crippen LogP contribution >= 0.6 is 0 Å². The van der Waals surface area contributed by atoms with Crippen molar-refractivity contribution in [1.29, 1.82) is 0 Å². The van der Waals surface area contributed by atoms with Crippen LogP contribution in [-0.4, -0.2) is 36.8 Å². The molecule has 3 N–H and O–H groups in total. The van der Waals surface area contributed by atoms with Gasteiger partial charge in [0.1, 0.15) is 5.56 Å². The molecular weight excluding hydrogens is 441 g/mol. The monoisotopic (exact) mass is 451 g/mol. The second kappa shape index (κ2) is 7.72. The Morgan fingerprint density at radius 2 is 1.62 bits per heavy atom. The summed E-state index contributed by atoms with van der Waals surface area (Å²) in [6, 6.07) is 2.25. The Balaban J connectivity index is 1.55. The molecule has 3 aromatic heterocycles. The minimum Gasteiger partial charge on any atom is -0.359 e. The lowest BCUT2D eigenvalue weighted by molar-refractivity contribution is -0.137. The number of benzene rings is 1.